The van der Waals surface area contributed by atoms with Crippen LogP contribution in [0.15, 0.2) is 17.3 Å². The molecular formula is C18H25NO3. The zero-order valence-electron chi connectivity index (χ0n) is 13.7. The summed E-state index contributed by atoms with van der Waals surface area (Å²) in [5, 5.41) is 13.4. The number of methoxy groups -OCH3 is 2. The summed E-state index contributed by atoms with van der Waals surface area (Å²) in [6, 6.07) is 4.19. The van der Waals surface area contributed by atoms with Crippen molar-refractivity contribution < 1.29 is 14.7 Å². The van der Waals surface area contributed by atoms with Gasteiger partial charge in [-0.25, -0.2) is 0 Å². The molecule has 1 fully saturated rings. The van der Waals surface area contributed by atoms with Gasteiger partial charge in [0.25, 0.3) is 0 Å². The second-order valence-corrected chi connectivity index (χ2v) is 6.68. The third-order valence-corrected chi connectivity index (χ3v) is 5.46. The Morgan fingerprint density at radius 3 is 2.55 bits per heavy atom. The molecule has 2 aliphatic rings. The average molecular weight is 303 g/mol. The number of oxime groups is 1. The van der Waals surface area contributed by atoms with Gasteiger partial charge >= 0.3 is 0 Å². The highest BCUT2D eigenvalue weighted by Crippen LogP contribution is 2.47. The Morgan fingerprint density at radius 1 is 1.14 bits per heavy atom. The van der Waals surface area contributed by atoms with Crippen LogP contribution in [-0.2, 0) is 11.8 Å². The molecule has 22 heavy (non-hydrogen) atoms. The molecule has 1 saturated carbocycles. The molecule has 3 rings (SSSR count). The van der Waals surface area contributed by atoms with E-state index in [2.05, 4.69) is 24.2 Å². The Morgan fingerprint density at radius 2 is 1.86 bits per heavy atom. The molecule has 2 unspecified atom stereocenters. The van der Waals surface area contributed by atoms with Crippen molar-refractivity contribution in [2.75, 3.05) is 14.2 Å². The second-order valence-electron chi connectivity index (χ2n) is 6.68. The van der Waals surface area contributed by atoms with E-state index >= 15 is 0 Å². The third-order valence-electron chi connectivity index (χ3n) is 5.46. The van der Waals surface area contributed by atoms with Gasteiger partial charge in [0, 0.05) is 11.3 Å². The average Bonchev–Trinajstić information content (AvgIpc) is 2.52. The highest BCUT2D eigenvalue weighted by Gasteiger charge is 2.44. The largest absolute Gasteiger partial charge is 0.493 e. The lowest BCUT2D eigenvalue weighted by atomic mass is 9.61. The normalized spacial score (nSPS) is 29.4. The van der Waals surface area contributed by atoms with Crippen LogP contribution in [0.4, 0.5) is 0 Å². The smallest absolute Gasteiger partial charge is 0.161 e. The summed E-state index contributed by atoms with van der Waals surface area (Å²) in [7, 11) is 3.34. The zero-order chi connectivity index (χ0) is 15.7. The first-order valence-electron chi connectivity index (χ1n) is 8.12. The molecule has 0 amide bonds. The van der Waals surface area contributed by atoms with Crippen LogP contribution < -0.4 is 9.47 Å². The Bertz CT molecular complexity index is 596. The number of rotatable bonds is 2. The van der Waals surface area contributed by atoms with E-state index in [0.717, 1.165) is 42.9 Å². The minimum Gasteiger partial charge on any atom is -0.493 e. The molecule has 2 aliphatic carbocycles. The van der Waals surface area contributed by atoms with Crippen LogP contribution in [0.25, 0.3) is 0 Å². The summed E-state index contributed by atoms with van der Waals surface area (Å²) >= 11 is 0. The van der Waals surface area contributed by atoms with Gasteiger partial charge in [-0.05, 0) is 42.5 Å². The van der Waals surface area contributed by atoms with E-state index < -0.39 is 0 Å². The van der Waals surface area contributed by atoms with Crippen LogP contribution in [0.1, 0.15) is 50.2 Å². The fourth-order valence-electron chi connectivity index (χ4n) is 4.29. The lowest BCUT2D eigenvalue weighted by Gasteiger charge is -2.42. The minimum absolute atomic E-state index is 0.201. The van der Waals surface area contributed by atoms with Crippen molar-refractivity contribution >= 4 is 5.71 Å². The van der Waals surface area contributed by atoms with Gasteiger partial charge < -0.3 is 14.7 Å². The summed E-state index contributed by atoms with van der Waals surface area (Å²) in [5.74, 6) is 1.87. The van der Waals surface area contributed by atoms with Crippen molar-refractivity contribution in [2.45, 2.75) is 50.9 Å². The predicted molar refractivity (Wildman–Crippen MR) is 86.4 cm³/mol. The van der Waals surface area contributed by atoms with Crippen molar-refractivity contribution in [3.05, 3.63) is 23.3 Å². The highest BCUT2D eigenvalue weighted by molar-refractivity contribution is 5.98. The van der Waals surface area contributed by atoms with E-state index in [0.29, 0.717) is 5.92 Å². The molecule has 0 heterocycles. The maximum atomic E-state index is 9.66. The van der Waals surface area contributed by atoms with E-state index in [1.807, 2.05) is 0 Å². The zero-order valence-corrected chi connectivity index (χ0v) is 13.7. The van der Waals surface area contributed by atoms with Gasteiger partial charge in [0.2, 0.25) is 0 Å². The molecule has 4 nitrogen and oxygen atoms in total. The molecule has 2 bridgehead atoms. The Balaban J connectivity index is 2.19. The second kappa shape index (κ2) is 5.82. The van der Waals surface area contributed by atoms with E-state index in [4.69, 9.17) is 9.47 Å². The van der Waals surface area contributed by atoms with E-state index in [1.54, 1.807) is 14.2 Å². The Hall–Kier alpha value is -1.71. The first-order chi connectivity index (χ1) is 10.6. The molecule has 2 atom stereocenters. The Kier molecular flexibility index (Phi) is 4.02. The Labute approximate surface area is 132 Å². The third kappa shape index (κ3) is 2.25. The summed E-state index contributed by atoms with van der Waals surface area (Å²) in [6.45, 7) is 2.21. The van der Waals surface area contributed by atoms with Crippen LogP contribution >= 0.6 is 0 Å². The standard InChI is InChI=1S/C18H25NO3/c1-18-8-6-4-5-7-12(17(18)19-20)9-13-10-15(21-2)16(22-3)11-14(13)18/h10-12,20H,4-9H2,1-3H3/b19-17+. The van der Waals surface area contributed by atoms with Gasteiger partial charge in [0.15, 0.2) is 11.5 Å². The van der Waals surface area contributed by atoms with Crippen LogP contribution in [0.5, 0.6) is 11.5 Å². The van der Waals surface area contributed by atoms with Crippen LogP contribution in [0.3, 0.4) is 0 Å². The number of fused-ring (bicyclic) bond motifs is 4. The van der Waals surface area contributed by atoms with Gasteiger partial charge in [0.05, 0.1) is 19.9 Å². The number of hydrogen-bond acceptors (Lipinski definition) is 4. The molecule has 1 aromatic carbocycles. The summed E-state index contributed by atoms with van der Waals surface area (Å²) < 4.78 is 10.9. The number of ether oxygens (including phenoxy) is 2. The van der Waals surface area contributed by atoms with Gasteiger partial charge in [-0.1, -0.05) is 31.3 Å². The summed E-state index contributed by atoms with van der Waals surface area (Å²) in [5.41, 5.74) is 3.29. The van der Waals surface area contributed by atoms with Crippen molar-refractivity contribution in [2.24, 2.45) is 11.1 Å². The van der Waals surface area contributed by atoms with Crippen LogP contribution in [0, 0.1) is 5.92 Å². The molecule has 1 aromatic rings. The molecule has 0 aliphatic heterocycles. The first kappa shape index (κ1) is 15.2. The first-order valence-corrected chi connectivity index (χ1v) is 8.12. The summed E-state index contributed by atoms with van der Waals surface area (Å²) in [6.07, 6.45) is 6.67. The number of benzene rings is 1. The fourth-order valence-corrected chi connectivity index (χ4v) is 4.29. The van der Waals surface area contributed by atoms with Gasteiger partial charge in [-0.15, -0.1) is 0 Å². The molecule has 120 valence electrons. The molecule has 0 radical (unpaired) electrons. The highest BCUT2D eigenvalue weighted by atomic mass is 16.5. The number of nitrogens with zero attached hydrogens (tertiary/aromatic N) is 1. The summed E-state index contributed by atoms with van der Waals surface area (Å²) in [4.78, 5) is 0. The predicted octanol–water partition coefficient (Wildman–Crippen LogP) is 3.93. The minimum atomic E-state index is -0.201. The molecule has 0 saturated heterocycles. The molecule has 1 N–H and O–H groups in total. The monoisotopic (exact) mass is 303 g/mol. The maximum absolute atomic E-state index is 9.66. The van der Waals surface area contributed by atoms with Crippen LogP contribution in [-0.4, -0.2) is 25.1 Å². The van der Waals surface area contributed by atoms with Crippen molar-refractivity contribution in [1.82, 2.24) is 0 Å². The van der Waals surface area contributed by atoms with E-state index in [-0.39, 0.29) is 5.41 Å². The number of hydrogen-bond donors (Lipinski definition) is 1. The van der Waals surface area contributed by atoms with Crippen LogP contribution in [0.2, 0.25) is 0 Å². The maximum Gasteiger partial charge on any atom is 0.161 e. The fraction of sp³-hybridized carbons (Fsp3) is 0.611. The van der Waals surface area contributed by atoms with E-state index in [1.165, 1.54) is 24.0 Å². The molecule has 0 aromatic heterocycles. The quantitative estimate of drug-likeness (QED) is 0.665. The molecule has 4 heteroatoms. The SMILES string of the molecule is COc1cc2c(cc1OC)C1(C)CCCCCC(C2)/C1=N\O. The molecule has 0 spiro atoms. The van der Waals surface area contributed by atoms with Gasteiger partial charge in [-0.2, -0.15) is 0 Å². The van der Waals surface area contributed by atoms with Crippen molar-refractivity contribution in [3.63, 3.8) is 0 Å². The van der Waals surface area contributed by atoms with E-state index in [9.17, 15) is 5.21 Å². The van der Waals surface area contributed by atoms with Gasteiger partial charge in [0.1, 0.15) is 0 Å². The lowest BCUT2D eigenvalue weighted by Crippen LogP contribution is -2.44. The lowest BCUT2D eigenvalue weighted by molar-refractivity contribution is 0.296. The van der Waals surface area contributed by atoms with Crippen molar-refractivity contribution in [1.29, 1.82) is 0 Å². The van der Waals surface area contributed by atoms with Gasteiger partial charge in [-0.3, -0.25) is 0 Å². The van der Waals surface area contributed by atoms with Crippen molar-refractivity contribution in [3.8, 4) is 11.5 Å². The topological polar surface area (TPSA) is 51.0 Å². The molecular weight excluding hydrogens is 278 g/mol.